The summed E-state index contributed by atoms with van der Waals surface area (Å²) in [6.45, 7) is 4.28. The highest BCUT2D eigenvalue weighted by atomic mass is 35.5. The molecule has 1 atom stereocenters. The van der Waals surface area contributed by atoms with Crippen molar-refractivity contribution < 1.29 is 18.0 Å². The molecule has 0 aliphatic heterocycles. The van der Waals surface area contributed by atoms with Crippen molar-refractivity contribution >= 4 is 50.7 Å². The lowest BCUT2D eigenvalue weighted by atomic mass is 10.0. The number of halogens is 2. The first-order chi connectivity index (χ1) is 19.0. The molecule has 3 aromatic rings. The predicted octanol–water partition coefficient (Wildman–Crippen LogP) is 5.62. The number of hydrogen-bond donors (Lipinski definition) is 1. The molecule has 1 N–H and O–H groups in total. The minimum atomic E-state index is -3.58. The monoisotopic (exact) mass is 603 g/mol. The first kappa shape index (κ1) is 31.5. The molecule has 3 rings (SSSR count). The second kappa shape index (κ2) is 14.5. The number of nitrogens with one attached hydrogen (secondary N) is 1. The molecule has 0 radical (unpaired) electrons. The molecule has 3 aromatic carbocycles. The van der Waals surface area contributed by atoms with Gasteiger partial charge < -0.3 is 10.2 Å². The summed E-state index contributed by atoms with van der Waals surface area (Å²) in [6.07, 6.45) is 1.70. The Bertz CT molecular complexity index is 1380. The van der Waals surface area contributed by atoms with Crippen LogP contribution >= 0.6 is 23.2 Å². The van der Waals surface area contributed by atoms with Gasteiger partial charge in [0.25, 0.3) is 0 Å². The van der Waals surface area contributed by atoms with Crippen LogP contribution in [0.1, 0.15) is 36.5 Å². The molecule has 0 aliphatic carbocycles. The topological polar surface area (TPSA) is 86.8 Å². The quantitative estimate of drug-likeness (QED) is 0.274. The Morgan fingerprint density at radius 2 is 1.55 bits per heavy atom. The number of anilines is 1. The van der Waals surface area contributed by atoms with Crippen LogP contribution in [0.15, 0.2) is 72.8 Å². The van der Waals surface area contributed by atoms with Crippen molar-refractivity contribution in [2.75, 3.05) is 23.7 Å². The maximum absolute atomic E-state index is 13.8. The van der Waals surface area contributed by atoms with E-state index in [1.165, 1.54) is 9.21 Å². The molecule has 0 aliphatic rings. The average Bonchev–Trinajstić information content (AvgIpc) is 2.90. The minimum absolute atomic E-state index is 0.0185. The first-order valence-electron chi connectivity index (χ1n) is 13.1. The maximum Gasteiger partial charge on any atom is 0.243 e. The minimum Gasteiger partial charge on any atom is -0.355 e. The molecule has 2 amide bonds. The standard InChI is InChI=1S/C30H35Cl2N3O4S/c1-4-33-30(37)28(20-23-10-6-5-7-11-23)34(21-25-26(31)12-8-13-27(25)32)29(36)14-9-19-35(40(3,38)39)24-17-15-22(2)16-18-24/h5-8,10-13,15-18,28H,4,9,14,19-21H2,1-3H3,(H,33,37)/t28-/m0/s1. The van der Waals surface area contributed by atoms with Crippen molar-refractivity contribution in [2.45, 2.75) is 45.7 Å². The van der Waals surface area contributed by atoms with Crippen LogP contribution in [0, 0.1) is 6.92 Å². The molecule has 0 saturated heterocycles. The Hall–Kier alpha value is -3.07. The highest BCUT2D eigenvalue weighted by molar-refractivity contribution is 7.92. The number of aryl methyl sites for hydroxylation is 1. The van der Waals surface area contributed by atoms with Crippen molar-refractivity contribution in [3.63, 3.8) is 0 Å². The van der Waals surface area contributed by atoms with Gasteiger partial charge in [0.15, 0.2) is 0 Å². The van der Waals surface area contributed by atoms with Gasteiger partial charge in [-0.3, -0.25) is 13.9 Å². The molecule has 10 heteroatoms. The van der Waals surface area contributed by atoms with Crippen molar-refractivity contribution in [2.24, 2.45) is 0 Å². The van der Waals surface area contributed by atoms with E-state index in [4.69, 9.17) is 23.2 Å². The number of benzene rings is 3. The first-order valence-corrected chi connectivity index (χ1v) is 15.7. The number of likely N-dealkylation sites (N-methyl/N-ethyl adjacent to an activating group) is 1. The third kappa shape index (κ3) is 8.71. The van der Waals surface area contributed by atoms with Crippen LogP contribution in [0.25, 0.3) is 0 Å². The van der Waals surface area contributed by atoms with Crippen LogP contribution < -0.4 is 9.62 Å². The largest absolute Gasteiger partial charge is 0.355 e. The van der Waals surface area contributed by atoms with Gasteiger partial charge in [-0.2, -0.15) is 0 Å². The van der Waals surface area contributed by atoms with Gasteiger partial charge >= 0.3 is 0 Å². The maximum atomic E-state index is 13.8. The lowest BCUT2D eigenvalue weighted by Gasteiger charge is -2.32. The van der Waals surface area contributed by atoms with Crippen molar-refractivity contribution in [1.82, 2.24) is 10.2 Å². The summed E-state index contributed by atoms with van der Waals surface area (Å²) in [7, 11) is -3.58. The lowest BCUT2D eigenvalue weighted by Crippen LogP contribution is -2.50. The van der Waals surface area contributed by atoms with E-state index >= 15 is 0 Å². The third-order valence-electron chi connectivity index (χ3n) is 6.49. The van der Waals surface area contributed by atoms with Gasteiger partial charge in [0, 0.05) is 48.1 Å². The Kier molecular flexibility index (Phi) is 11.4. The molecule has 0 bridgehead atoms. The van der Waals surface area contributed by atoms with E-state index in [2.05, 4.69) is 5.32 Å². The van der Waals surface area contributed by atoms with E-state index in [1.807, 2.05) is 56.3 Å². The average molecular weight is 605 g/mol. The third-order valence-corrected chi connectivity index (χ3v) is 8.39. The summed E-state index contributed by atoms with van der Waals surface area (Å²) in [5.74, 6) is -0.596. The van der Waals surface area contributed by atoms with Crippen LogP contribution in [0.2, 0.25) is 10.0 Å². The zero-order chi connectivity index (χ0) is 29.3. The van der Waals surface area contributed by atoms with Crippen LogP contribution in [0.4, 0.5) is 5.69 Å². The fraction of sp³-hybridized carbons (Fsp3) is 0.333. The molecule has 7 nitrogen and oxygen atoms in total. The van der Waals surface area contributed by atoms with Gasteiger partial charge in [-0.1, -0.05) is 77.3 Å². The highest BCUT2D eigenvalue weighted by Crippen LogP contribution is 2.28. The van der Waals surface area contributed by atoms with E-state index in [9.17, 15) is 18.0 Å². The number of sulfonamides is 1. The molecular formula is C30H35Cl2N3O4S. The SMILES string of the molecule is CCNC(=O)[C@H](Cc1ccccc1)N(Cc1c(Cl)cccc1Cl)C(=O)CCCN(c1ccc(C)cc1)S(C)(=O)=O. The Morgan fingerprint density at radius 1 is 0.925 bits per heavy atom. The number of nitrogens with zero attached hydrogens (tertiary/aromatic N) is 2. The van der Waals surface area contributed by atoms with Gasteiger partial charge in [0.2, 0.25) is 21.8 Å². The van der Waals surface area contributed by atoms with Crippen LogP contribution in [-0.2, 0) is 32.6 Å². The van der Waals surface area contributed by atoms with Crippen molar-refractivity contribution in [3.05, 3.63) is 99.5 Å². The molecule has 0 fully saturated rings. The van der Waals surface area contributed by atoms with Crippen molar-refractivity contribution in [1.29, 1.82) is 0 Å². The lowest BCUT2D eigenvalue weighted by molar-refractivity contribution is -0.141. The Balaban J connectivity index is 1.90. The van der Waals surface area contributed by atoms with E-state index in [0.29, 0.717) is 34.3 Å². The van der Waals surface area contributed by atoms with Gasteiger partial charge in [-0.05, 0) is 50.1 Å². The van der Waals surface area contributed by atoms with E-state index < -0.39 is 16.1 Å². The van der Waals surface area contributed by atoms with E-state index in [-0.39, 0.29) is 37.7 Å². The zero-order valence-corrected chi connectivity index (χ0v) is 25.3. The summed E-state index contributed by atoms with van der Waals surface area (Å²) in [6, 6.07) is 20.9. The van der Waals surface area contributed by atoms with Crippen molar-refractivity contribution in [3.8, 4) is 0 Å². The van der Waals surface area contributed by atoms with Crippen LogP contribution in [-0.4, -0.2) is 50.5 Å². The Morgan fingerprint density at radius 3 is 2.12 bits per heavy atom. The predicted molar refractivity (Wildman–Crippen MR) is 162 cm³/mol. The van der Waals surface area contributed by atoms with Crippen LogP contribution in [0.3, 0.4) is 0 Å². The van der Waals surface area contributed by atoms with Gasteiger partial charge in [-0.25, -0.2) is 8.42 Å². The summed E-state index contributed by atoms with van der Waals surface area (Å²) < 4.78 is 26.4. The molecule has 0 saturated carbocycles. The molecular weight excluding hydrogens is 569 g/mol. The molecule has 214 valence electrons. The summed E-state index contributed by atoms with van der Waals surface area (Å²) >= 11 is 12.9. The summed E-state index contributed by atoms with van der Waals surface area (Å²) in [4.78, 5) is 28.6. The zero-order valence-electron chi connectivity index (χ0n) is 22.9. The molecule has 0 unspecified atom stereocenters. The molecule has 0 spiro atoms. The van der Waals surface area contributed by atoms with Gasteiger partial charge in [0.05, 0.1) is 11.9 Å². The second-order valence-corrected chi connectivity index (χ2v) is 12.3. The molecule has 40 heavy (non-hydrogen) atoms. The van der Waals surface area contributed by atoms with Crippen LogP contribution in [0.5, 0.6) is 0 Å². The van der Waals surface area contributed by atoms with Gasteiger partial charge in [-0.15, -0.1) is 0 Å². The number of rotatable bonds is 13. The molecule has 0 heterocycles. The number of amides is 2. The smallest absolute Gasteiger partial charge is 0.243 e. The normalized spacial score (nSPS) is 12.0. The van der Waals surface area contributed by atoms with Gasteiger partial charge in [0.1, 0.15) is 6.04 Å². The molecule has 0 aromatic heterocycles. The highest BCUT2D eigenvalue weighted by Gasteiger charge is 2.31. The second-order valence-electron chi connectivity index (χ2n) is 9.60. The summed E-state index contributed by atoms with van der Waals surface area (Å²) in [5, 5.41) is 3.63. The number of carbonyl (C=O) groups excluding carboxylic acids is 2. The summed E-state index contributed by atoms with van der Waals surface area (Å²) in [5.41, 5.74) is 2.98. The number of hydrogen-bond acceptors (Lipinski definition) is 4. The van der Waals surface area contributed by atoms with E-state index in [1.54, 1.807) is 30.3 Å². The Labute approximate surface area is 247 Å². The fourth-order valence-corrected chi connectivity index (χ4v) is 5.90. The fourth-order valence-electron chi connectivity index (χ4n) is 4.41. The van der Waals surface area contributed by atoms with E-state index in [0.717, 1.165) is 17.4 Å². The number of carbonyl (C=O) groups is 2.